The first-order valence-corrected chi connectivity index (χ1v) is 9.61. The average Bonchev–Trinajstić information content (AvgIpc) is 3.52. The second kappa shape index (κ2) is 7.87. The van der Waals surface area contributed by atoms with Crippen LogP contribution in [0.2, 0.25) is 0 Å². The molecule has 4 rings (SSSR count). The lowest BCUT2D eigenvalue weighted by molar-refractivity contribution is -0.497. The highest BCUT2D eigenvalue weighted by Gasteiger charge is 2.54. The maximum atomic E-state index is 13.4. The van der Waals surface area contributed by atoms with Crippen LogP contribution in [0.15, 0.2) is 48.5 Å². The molecule has 2 aliphatic rings. The Hall–Kier alpha value is -2.87. The van der Waals surface area contributed by atoms with E-state index in [4.69, 9.17) is 0 Å². The number of carbonyl (C=O) groups is 1. The summed E-state index contributed by atoms with van der Waals surface area (Å²) in [7, 11) is 0. The highest BCUT2D eigenvalue weighted by Crippen LogP contribution is 2.36. The molecular formula is C21H21F2N3O3. The van der Waals surface area contributed by atoms with E-state index in [0.29, 0.717) is 32.6 Å². The van der Waals surface area contributed by atoms with E-state index in [9.17, 15) is 23.7 Å². The van der Waals surface area contributed by atoms with E-state index in [0.717, 1.165) is 11.1 Å². The van der Waals surface area contributed by atoms with Gasteiger partial charge in [-0.15, -0.1) is 0 Å². The molecule has 152 valence electrons. The summed E-state index contributed by atoms with van der Waals surface area (Å²) in [5.74, 6) is -1.30. The first-order chi connectivity index (χ1) is 13.9. The number of nitro groups is 1. The van der Waals surface area contributed by atoms with E-state index in [-0.39, 0.29) is 28.5 Å². The van der Waals surface area contributed by atoms with Crippen molar-refractivity contribution in [2.75, 3.05) is 26.2 Å². The van der Waals surface area contributed by atoms with Gasteiger partial charge in [-0.2, -0.15) is 0 Å². The van der Waals surface area contributed by atoms with Crippen molar-refractivity contribution < 1.29 is 18.5 Å². The van der Waals surface area contributed by atoms with E-state index in [2.05, 4.69) is 4.90 Å². The van der Waals surface area contributed by atoms with Crippen LogP contribution < -0.4 is 0 Å². The molecule has 2 atom stereocenters. The van der Waals surface area contributed by atoms with Gasteiger partial charge in [-0.1, -0.05) is 24.3 Å². The molecule has 0 bridgehead atoms. The molecule has 1 aliphatic heterocycles. The zero-order valence-corrected chi connectivity index (χ0v) is 15.7. The maximum absolute atomic E-state index is 13.4. The van der Waals surface area contributed by atoms with Gasteiger partial charge < -0.3 is 4.90 Å². The third-order valence-corrected chi connectivity index (χ3v) is 5.71. The third kappa shape index (κ3) is 4.12. The van der Waals surface area contributed by atoms with Crippen LogP contribution in [0, 0.1) is 27.7 Å². The first kappa shape index (κ1) is 19.4. The van der Waals surface area contributed by atoms with Crippen LogP contribution in [-0.4, -0.2) is 52.9 Å². The quantitative estimate of drug-likeness (QED) is 0.571. The molecule has 0 radical (unpaired) electrons. The van der Waals surface area contributed by atoms with E-state index in [1.54, 1.807) is 29.2 Å². The zero-order chi connectivity index (χ0) is 20.5. The minimum absolute atomic E-state index is 0.147. The second-order valence-corrected chi connectivity index (χ2v) is 7.56. The van der Waals surface area contributed by atoms with Crippen molar-refractivity contribution in [2.24, 2.45) is 5.92 Å². The molecule has 0 unspecified atom stereocenters. The molecule has 2 aromatic rings. The van der Waals surface area contributed by atoms with Gasteiger partial charge in [0.15, 0.2) is 0 Å². The largest absolute Gasteiger partial charge is 0.340 e. The fraction of sp³-hybridized carbons (Fsp3) is 0.381. The van der Waals surface area contributed by atoms with Crippen LogP contribution in [-0.2, 0) is 4.79 Å². The molecule has 2 fully saturated rings. The predicted molar refractivity (Wildman–Crippen MR) is 102 cm³/mol. The molecule has 2 aromatic carbocycles. The van der Waals surface area contributed by atoms with Crippen LogP contribution in [0.25, 0.3) is 0 Å². The van der Waals surface area contributed by atoms with E-state index in [1.165, 1.54) is 24.3 Å². The van der Waals surface area contributed by atoms with Gasteiger partial charge in [-0.3, -0.25) is 19.8 Å². The average molecular weight is 401 g/mol. The molecule has 1 aliphatic carbocycles. The van der Waals surface area contributed by atoms with E-state index < -0.39 is 12.0 Å². The van der Waals surface area contributed by atoms with E-state index in [1.807, 2.05) is 0 Å². The minimum atomic E-state index is -0.744. The Morgan fingerprint density at radius 2 is 1.41 bits per heavy atom. The van der Waals surface area contributed by atoms with Crippen molar-refractivity contribution >= 4 is 5.91 Å². The lowest BCUT2D eigenvalue weighted by Gasteiger charge is -2.39. The van der Waals surface area contributed by atoms with Crippen LogP contribution in [0.5, 0.6) is 0 Å². The maximum Gasteiger partial charge on any atom is 0.232 e. The molecule has 6 nitrogen and oxygen atoms in total. The number of rotatable bonds is 5. The predicted octanol–water partition coefficient (Wildman–Crippen LogP) is 2.86. The SMILES string of the molecule is O=C([C@@H]1C[C@H]1[N+](=O)[O-])N1CCN(C(c2ccc(F)cc2)c2ccc(F)cc2)CC1. The van der Waals surface area contributed by atoms with Crippen LogP contribution in [0.4, 0.5) is 8.78 Å². The molecule has 1 amide bonds. The summed E-state index contributed by atoms with van der Waals surface area (Å²) in [4.78, 5) is 26.8. The van der Waals surface area contributed by atoms with Crippen molar-refractivity contribution in [1.82, 2.24) is 9.80 Å². The topological polar surface area (TPSA) is 66.7 Å². The van der Waals surface area contributed by atoms with Gasteiger partial charge in [0.25, 0.3) is 0 Å². The van der Waals surface area contributed by atoms with Crippen LogP contribution >= 0.6 is 0 Å². The lowest BCUT2D eigenvalue weighted by atomic mass is 9.96. The lowest BCUT2D eigenvalue weighted by Crippen LogP contribution is -2.50. The Bertz CT molecular complexity index is 851. The van der Waals surface area contributed by atoms with Gasteiger partial charge >= 0.3 is 0 Å². The molecule has 0 N–H and O–H groups in total. The molecule has 8 heteroatoms. The Kier molecular flexibility index (Phi) is 5.27. The summed E-state index contributed by atoms with van der Waals surface area (Å²) in [6.45, 7) is 2.08. The molecule has 1 saturated heterocycles. The Morgan fingerprint density at radius 3 is 1.83 bits per heavy atom. The summed E-state index contributed by atoms with van der Waals surface area (Å²) < 4.78 is 26.8. The zero-order valence-electron chi connectivity index (χ0n) is 15.7. The second-order valence-electron chi connectivity index (χ2n) is 7.56. The van der Waals surface area contributed by atoms with Gasteiger partial charge in [0, 0.05) is 37.5 Å². The van der Waals surface area contributed by atoms with Gasteiger partial charge in [-0.25, -0.2) is 8.78 Å². The van der Waals surface area contributed by atoms with Crippen molar-refractivity contribution in [1.29, 1.82) is 0 Å². The fourth-order valence-electron chi connectivity index (χ4n) is 4.02. The highest BCUT2D eigenvalue weighted by molar-refractivity contribution is 5.82. The Morgan fingerprint density at radius 1 is 0.931 bits per heavy atom. The summed E-state index contributed by atoms with van der Waals surface area (Å²) in [6, 6.07) is 11.5. The summed E-state index contributed by atoms with van der Waals surface area (Å²) >= 11 is 0. The van der Waals surface area contributed by atoms with Crippen molar-refractivity contribution in [3.63, 3.8) is 0 Å². The number of amides is 1. The Balaban J connectivity index is 1.49. The molecular weight excluding hydrogens is 380 g/mol. The number of nitrogens with zero attached hydrogens (tertiary/aromatic N) is 3. The fourth-order valence-corrected chi connectivity index (χ4v) is 4.02. The van der Waals surface area contributed by atoms with Crippen molar-refractivity contribution in [3.8, 4) is 0 Å². The molecule has 0 aromatic heterocycles. The van der Waals surface area contributed by atoms with Crippen molar-refractivity contribution in [2.45, 2.75) is 18.5 Å². The number of carbonyl (C=O) groups excluding carboxylic acids is 1. The molecule has 0 spiro atoms. The van der Waals surface area contributed by atoms with Gasteiger partial charge in [0.2, 0.25) is 11.9 Å². The van der Waals surface area contributed by atoms with Gasteiger partial charge in [-0.05, 0) is 35.4 Å². The summed E-state index contributed by atoms with van der Waals surface area (Å²) in [6.07, 6.45) is 0.319. The van der Waals surface area contributed by atoms with Crippen molar-refractivity contribution in [3.05, 3.63) is 81.4 Å². The van der Waals surface area contributed by atoms with Crippen LogP contribution in [0.3, 0.4) is 0 Å². The number of benzene rings is 2. The number of hydrogen-bond donors (Lipinski definition) is 0. The molecule has 1 heterocycles. The number of halogens is 2. The van der Waals surface area contributed by atoms with E-state index >= 15 is 0 Å². The van der Waals surface area contributed by atoms with Crippen LogP contribution in [0.1, 0.15) is 23.6 Å². The smallest absolute Gasteiger partial charge is 0.232 e. The summed E-state index contributed by atoms with van der Waals surface area (Å²) in [5.41, 5.74) is 1.77. The Labute approximate surface area is 166 Å². The summed E-state index contributed by atoms with van der Waals surface area (Å²) in [5, 5.41) is 10.8. The number of hydrogen-bond acceptors (Lipinski definition) is 4. The van der Waals surface area contributed by atoms with Gasteiger partial charge in [0.1, 0.15) is 17.6 Å². The third-order valence-electron chi connectivity index (χ3n) is 5.71. The first-order valence-electron chi connectivity index (χ1n) is 9.61. The molecule has 1 saturated carbocycles. The monoisotopic (exact) mass is 401 g/mol. The number of piperazine rings is 1. The highest BCUT2D eigenvalue weighted by atomic mass is 19.1. The minimum Gasteiger partial charge on any atom is -0.340 e. The van der Waals surface area contributed by atoms with Gasteiger partial charge in [0.05, 0.1) is 6.04 Å². The standard InChI is InChI=1S/C21H21F2N3O3/c22-16-5-1-14(2-6-16)20(15-3-7-17(23)8-4-15)24-9-11-25(12-10-24)21(27)18-13-19(18)26(28)29/h1-8,18-20H,9-13H2/t18-,19-/m1/s1. The normalized spacial score (nSPS) is 22.0. The molecule has 29 heavy (non-hydrogen) atoms.